The summed E-state index contributed by atoms with van der Waals surface area (Å²) in [5.74, 6) is 4.33. The summed E-state index contributed by atoms with van der Waals surface area (Å²) in [4.78, 5) is 43.7. The Morgan fingerprint density at radius 2 is 1.22 bits per heavy atom. The topological polar surface area (TPSA) is 88.2 Å². The molecule has 1 atom stereocenters. The number of ether oxygens (including phenoxy) is 2. The van der Waals surface area contributed by atoms with Crippen molar-refractivity contribution >= 4 is 97.2 Å². The van der Waals surface area contributed by atoms with E-state index < -0.39 is 0 Å². The summed E-state index contributed by atoms with van der Waals surface area (Å²) in [6.45, 7) is 6.14. The summed E-state index contributed by atoms with van der Waals surface area (Å²) < 4.78 is 14.4. The second kappa shape index (κ2) is 24.4. The largest absolute Gasteiger partial charge is 0.464 e. The molecule has 50 heavy (non-hydrogen) atoms. The van der Waals surface area contributed by atoms with E-state index in [1.807, 2.05) is 14.1 Å². The molecule has 2 aromatic rings. The molecule has 1 aliphatic heterocycles. The monoisotopic (exact) mass is 779 g/mol. The van der Waals surface area contributed by atoms with Crippen molar-refractivity contribution in [2.75, 3.05) is 85.2 Å². The summed E-state index contributed by atoms with van der Waals surface area (Å²) in [6, 6.07) is 16.3. The first-order valence-corrected chi connectivity index (χ1v) is 22.6. The zero-order chi connectivity index (χ0) is 36.1. The lowest BCUT2D eigenvalue weighted by Crippen LogP contribution is -2.30. The molecule has 0 aliphatic carbocycles. The molecule has 2 aromatic carbocycles. The molecule has 0 saturated heterocycles. The van der Waals surface area contributed by atoms with Gasteiger partial charge in [0.1, 0.15) is 13.2 Å². The zero-order valence-electron chi connectivity index (χ0n) is 30.1. The maximum Gasteiger partial charge on any atom is 0.306 e. The zero-order valence-corrected chi connectivity index (χ0v) is 34.2. The fourth-order valence-corrected chi connectivity index (χ4v) is 9.11. The predicted octanol–water partition coefficient (Wildman–Crippen LogP) is 8.17. The Bertz CT molecular complexity index is 1360. The number of thioether (sulfide) groups is 4. The van der Waals surface area contributed by atoms with Crippen molar-refractivity contribution < 1.29 is 23.9 Å². The molecule has 0 unspecified atom stereocenters. The van der Waals surface area contributed by atoms with Gasteiger partial charge in [0.25, 0.3) is 0 Å². The van der Waals surface area contributed by atoms with E-state index in [0.29, 0.717) is 39.1 Å². The average molecular weight is 780 g/mol. The van der Waals surface area contributed by atoms with E-state index >= 15 is 0 Å². The highest BCUT2D eigenvalue weighted by molar-refractivity contribution is 8.23. The van der Waals surface area contributed by atoms with E-state index in [4.69, 9.17) is 9.47 Å². The number of carbonyl (C=O) groups is 3. The summed E-state index contributed by atoms with van der Waals surface area (Å²) in [7, 11) is 3.98. The Kier molecular flexibility index (Phi) is 20.7. The highest BCUT2D eigenvalue weighted by Crippen LogP contribution is 2.44. The molecule has 0 spiro atoms. The maximum atomic E-state index is 13.5. The summed E-state index contributed by atoms with van der Waals surface area (Å²) in [6.07, 6.45) is 5.93. The van der Waals surface area contributed by atoms with Gasteiger partial charge < -0.3 is 19.3 Å². The van der Waals surface area contributed by atoms with E-state index in [9.17, 15) is 14.4 Å². The number of nitrogens with one attached hydrogen (secondary N) is 1. The van der Waals surface area contributed by atoms with E-state index in [-0.39, 0.29) is 23.1 Å². The van der Waals surface area contributed by atoms with Crippen LogP contribution in [0.2, 0.25) is 0 Å². The minimum absolute atomic E-state index is 0.113. The number of rotatable bonds is 23. The smallest absolute Gasteiger partial charge is 0.306 e. The fourth-order valence-electron chi connectivity index (χ4n) is 4.77. The van der Waals surface area contributed by atoms with Crippen molar-refractivity contribution in [1.29, 1.82) is 0 Å². The Morgan fingerprint density at radius 3 is 1.68 bits per heavy atom. The van der Waals surface area contributed by atoms with E-state index in [1.54, 1.807) is 35.3 Å². The van der Waals surface area contributed by atoms with Gasteiger partial charge in [0.2, 0.25) is 5.12 Å². The van der Waals surface area contributed by atoms with Crippen LogP contribution < -0.4 is 14.5 Å². The molecule has 0 amide bonds. The van der Waals surface area contributed by atoms with Gasteiger partial charge in [-0.1, -0.05) is 38.1 Å². The maximum absolute atomic E-state index is 13.5. The molecule has 0 saturated carbocycles. The molecule has 276 valence electrons. The highest BCUT2D eigenvalue weighted by Gasteiger charge is 2.28. The van der Waals surface area contributed by atoms with Crippen LogP contribution in [0.25, 0.3) is 9.81 Å². The Labute approximate surface area is 320 Å². The Balaban J connectivity index is 1.69. The SMILES string of the molecule is CCCSCCC(=O)OCCN(C)c1ccc(C2=C(c3ccc(N(C)CCOC(=O)CCSCCC)cc3)SC(=O)[C@H](CCSC)NS2)cc1. The van der Waals surface area contributed by atoms with Crippen LogP contribution >= 0.6 is 59.0 Å². The third-order valence-electron chi connectivity index (χ3n) is 7.73. The van der Waals surface area contributed by atoms with Crippen LogP contribution in [0.1, 0.15) is 57.1 Å². The standard InChI is InChI=1S/C37H53N3O5S5/c1-6-23-47-26-17-33(41)44-21-19-39(3)30-12-8-28(9-13-30)35-36(50-38-32(16-25-46-5)37(43)49-35)29-10-14-31(15-11-29)40(4)20-22-45-34(42)18-27-48-24-7-2/h8-15,32,38H,6-7,16-27H2,1-5H3/t32-/m0/s1. The summed E-state index contributed by atoms with van der Waals surface area (Å²) in [5.41, 5.74) is 4.02. The second-order valence-corrected chi connectivity index (χ2v) is 17.0. The molecule has 0 bridgehead atoms. The van der Waals surface area contributed by atoms with Gasteiger partial charge in [0, 0.05) is 46.8 Å². The van der Waals surface area contributed by atoms with Crippen LogP contribution in [0.4, 0.5) is 11.4 Å². The first-order valence-electron chi connectivity index (χ1n) is 17.2. The lowest BCUT2D eigenvalue weighted by atomic mass is 10.1. The normalized spacial score (nSPS) is 14.7. The first kappa shape index (κ1) is 42.5. The van der Waals surface area contributed by atoms with Gasteiger partial charge >= 0.3 is 11.9 Å². The quantitative estimate of drug-likeness (QED) is 0.0669. The molecule has 3 rings (SSSR count). The van der Waals surface area contributed by atoms with Crippen molar-refractivity contribution in [2.45, 2.75) is 52.0 Å². The van der Waals surface area contributed by atoms with E-state index in [1.165, 1.54) is 23.7 Å². The lowest BCUT2D eigenvalue weighted by molar-refractivity contribution is -0.143. The summed E-state index contributed by atoms with van der Waals surface area (Å²) >= 11 is 8.14. The van der Waals surface area contributed by atoms with Crippen LogP contribution in [-0.4, -0.2) is 98.5 Å². The van der Waals surface area contributed by atoms with Gasteiger partial charge in [0.15, 0.2) is 0 Å². The molecule has 8 nitrogen and oxygen atoms in total. The van der Waals surface area contributed by atoms with E-state index in [2.05, 4.69) is 83.2 Å². The first-order chi connectivity index (χ1) is 24.3. The van der Waals surface area contributed by atoms with Crippen molar-refractivity contribution in [1.82, 2.24) is 4.72 Å². The molecular weight excluding hydrogens is 727 g/mol. The fraction of sp³-hybridized carbons (Fsp3) is 0.541. The van der Waals surface area contributed by atoms with Crippen LogP contribution in [0, 0.1) is 0 Å². The lowest BCUT2D eigenvalue weighted by Gasteiger charge is -2.21. The minimum Gasteiger partial charge on any atom is -0.464 e. The van der Waals surface area contributed by atoms with Crippen molar-refractivity contribution in [3.63, 3.8) is 0 Å². The van der Waals surface area contributed by atoms with Gasteiger partial charge in [-0.05, 0) is 102 Å². The third kappa shape index (κ3) is 15.0. The van der Waals surface area contributed by atoms with E-state index in [0.717, 1.165) is 80.3 Å². The number of likely N-dealkylation sites (N-methyl/N-ethyl adjacent to an activating group) is 2. The molecular formula is C37H53N3O5S5. The Morgan fingerprint density at radius 1 is 0.740 bits per heavy atom. The van der Waals surface area contributed by atoms with Crippen molar-refractivity contribution in [2.24, 2.45) is 0 Å². The van der Waals surface area contributed by atoms with Crippen LogP contribution in [0.3, 0.4) is 0 Å². The molecule has 1 N–H and O–H groups in total. The minimum atomic E-state index is -0.248. The second-order valence-electron chi connectivity index (χ2n) is 11.7. The highest BCUT2D eigenvalue weighted by atomic mass is 32.2. The van der Waals surface area contributed by atoms with Gasteiger partial charge in [-0.25, -0.2) is 4.72 Å². The van der Waals surface area contributed by atoms with Gasteiger partial charge in [-0.15, -0.1) is 0 Å². The Hall–Kier alpha value is -1.90. The van der Waals surface area contributed by atoms with Crippen molar-refractivity contribution in [3.8, 4) is 0 Å². The van der Waals surface area contributed by atoms with Gasteiger partial charge in [-0.3, -0.25) is 14.4 Å². The number of esters is 2. The number of hydrogen-bond acceptors (Lipinski definition) is 13. The molecule has 1 heterocycles. The van der Waals surface area contributed by atoms with Crippen LogP contribution in [0.15, 0.2) is 48.5 Å². The van der Waals surface area contributed by atoms with Gasteiger partial charge in [-0.2, -0.15) is 35.3 Å². The summed E-state index contributed by atoms with van der Waals surface area (Å²) in [5, 5.41) is 0.113. The molecule has 0 aromatic heterocycles. The molecule has 0 fully saturated rings. The predicted molar refractivity (Wildman–Crippen MR) is 223 cm³/mol. The number of hydrogen-bond donors (Lipinski definition) is 1. The van der Waals surface area contributed by atoms with Crippen LogP contribution in [0.5, 0.6) is 0 Å². The average Bonchev–Trinajstić information content (AvgIpc) is 3.29. The van der Waals surface area contributed by atoms with Crippen LogP contribution in [-0.2, 0) is 23.9 Å². The number of carbonyl (C=O) groups excluding carboxylic acids is 3. The molecule has 13 heteroatoms. The number of benzene rings is 2. The number of anilines is 2. The van der Waals surface area contributed by atoms with Crippen molar-refractivity contribution in [3.05, 3.63) is 59.7 Å². The molecule has 0 radical (unpaired) electrons. The molecule has 1 aliphatic rings. The number of nitrogens with zero attached hydrogens (tertiary/aromatic N) is 2. The third-order valence-corrected chi connectivity index (χ3v) is 13.1. The van der Waals surface area contributed by atoms with Gasteiger partial charge in [0.05, 0.1) is 32.0 Å².